The van der Waals surface area contributed by atoms with Crippen molar-refractivity contribution < 1.29 is 8.42 Å². The molecule has 0 aliphatic carbocycles. The van der Waals surface area contributed by atoms with E-state index in [4.69, 9.17) is 16.7 Å². The third-order valence-electron chi connectivity index (χ3n) is 3.33. The molecule has 2 rings (SSSR count). The molecule has 0 amide bonds. The minimum absolute atomic E-state index is 0.0108. The summed E-state index contributed by atoms with van der Waals surface area (Å²) >= 11 is 5.87. The van der Waals surface area contributed by atoms with Crippen molar-refractivity contribution in [3.05, 3.63) is 58.6 Å². The molecule has 0 fully saturated rings. The van der Waals surface area contributed by atoms with Crippen molar-refractivity contribution in [1.82, 2.24) is 0 Å². The lowest BCUT2D eigenvalue weighted by Gasteiger charge is -2.18. The highest BCUT2D eigenvalue weighted by atomic mass is 35.5. The second kappa shape index (κ2) is 6.05. The Kier molecular flexibility index (Phi) is 4.56. The molecule has 4 nitrogen and oxygen atoms in total. The van der Waals surface area contributed by atoms with Gasteiger partial charge < -0.3 is 5.32 Å². The topological polar surface area (TPSA) is 72.2 Å². The maximum Gasteiger partial charge on any atom is 0.238 e. The Hall–Kier alpha value is -1.56. The van der Waals surface area contributed by atoms with Crippen molar-refractivity contribution in [2.75, 3.05) is 5.32 Å². The Morgan fingerprint density at radius 1 is 1.14 bits per heavy atom. The first-order valence-electron chi connectivity index (χ1n) is 6.43. The molecule has 2 aromatic rings. The van der Waals surface area contributed by atoms with Crippen molar-refractivity contribution in [2.45, 2.75) is 24.8 Å². The van der Waals surface area contributed by atoms with Crippen LogP contribution in [0.3, 0.4) is 0 Å². The summed E-state index contributed by atoms with van der Waals surface area (Å²) in [6.45, 7) is 3.73. The van der Waals surface area contributed by atoms with Crippen LogP contribution in [0.2, 0.25) is 5.02 Å². The van der Waals surface area contributed by atoms with Crippen LogP contribution in [-0.2, 0) is 10.0 Å². The van der Waals surface area contributed by atoms with Gasteiger partial charge in [-0.05, 0) is 49.2 Å². The largest absolute Gasteiger partial charge is 0.378 e. The summed E-state index contributed by atoms with van der Waals surface area (Å²) in [7, 11) is -3.72. The number of anilines is 1. The number of hydrogen-bond donors (Lipinski definition) is 2. The number of halogens is 1. The van der Waals surface area contributed by atoms with Gasteiger partial charge in [0.2, 0.25) is 10.0 Å². The van der Waals surface area contributed by atoms with Crippen LogP contribution < -0.4 is 10.5 Å². The molecule has 1 atom stereocenters. The zero-order chi connectivity index (χ0) is 15.6. The van der Waals surface area contributed by atoms with Crippen LogP contribution in [0.4, 0.5) is 5.69 Å². The van der Waals surface area contributed by atoms with Crippen LogP contribution in [0.25, 0.3) is 0 Å². The third-order valence-corrected chi connectivity index (χ3v) is 4.64. The van der Waals surface area contributed by atoms with E-state index in [1.807, 2.05) is 37.3 Å². The van der Waals surface area contributed by atoms with Gasteiger partial charge in [-0.3, -0.25) is 0 Å². The van der Waals surface area contributed by atoms with E-state index in [1.165, 1.54) is 6.07 Å². The highest BCUT2D eigenvalue weighted by Gasteiger charge is 2.15. The zero-order valence-corrected chi connectivity index (χ0v) is 13.4. The van der Waals surface area contributed by atoms with E-state index in [1.54, 1.807) is 13.0 Å². The predicted molar refractivity (Wildman–Crippen MR) is 86.0 cm³/mol. The van der Waals surface area contributed by atoms with Crippen LogP contribution in [0.1, 0.15) is 24.1 Å². The van der Waals surface area contributed by atoms with E-state index in [-0.39, 0.29) is 10.9 Å². The summed E-state index contributed by atoms with van der Waals surface area (Å²) < 4.78 is 23.1. The van der Waals surface area contributed by atoms with Crippen molar-refractivity contribution in [1.29, 1.82) is 0 Å². The normalized spacial score (nSPS) is 13.0. The van der Waals surface area contributed by atoms with Gasteiger partial charge in [0.1, 0.15) is 0 Å². The first kappa shape index (κ1) is 15.8. The Bertz CT molecular complexity index is 743. The molecule has 0 saturated carbocycles. The molecule has 0 aliphatic heterocycles. The van der Waals surface area contributed by atoms with Crippen molar-refractivity contribution in [3.63, 3.8) is 0 Å². The smallest absolute Gasteiger partial charge is 0.238 e. The fraction of sp³-hybridized carbons (Fsp3) is 0.200. The quantitative estimate of drug-likeness (QED) is 0.904. The van der Waals surface area contributed by atoms with Crippen molar-refractivity contribution in [2.24, 2.45) is 5.14 Å². The molecule has 1 unspecified atom stereocenters. The second-order valence-electron chi connectivity index (χ2n) is 4.89. The molecule has 3 N–H and O–H groups in total. The molecule has 0 radical (unpaired) electrons. The molecule has 0 bridgehead atoms. The standard InChI is InChI=1S/C15H17ClN2O2S/c1-10-14(4-3-5-15(10)21(17,19)20)18-11(2)12-6-8-13(16)9-7-12/h3-9,11,18H,1-2H3,(H2,17,19,20). The minimum atomic E-state index is -3.72. The lowest BCUT2D eigenvalue weighted by Crippen LogP contribution is -2.15. The summed E-state index contributed by atoms with van der Waals surface area (Å²) in [6, 6.07) is 12.5. The first-order chi connectivity index (χ1) is 9.79. The van der Waals surface area contributed by atoms with Gasteiger partial charge in [-0.25, -0.2) is 13.6 Å². The zero-order valence-electron chi connectivity index (χ0n) is 11.8. The Morgan fingerprint density at radius 3 is 2.33 bits per heavy atom. The molecule has 112 valence electrons. The fourth-order valence-corrected chi connectivity index (χ4v) is 3.08. The van der Waals surface area contributed by atoms with Crippen LogP contribution in [0.5, 0.6) is 0 Å². The Labute approximate surface area is 130 Å². The lowest BCUT2D eigenvalue weighted by atomic mass is 10.1. The molecule has 0 aliphatic rings. The number of rotatable bonds is 4. The van der Waals surface area contributed by atoms with E-state index in [0.717, 1.165) is 11.3 Å². The summed E-state index contributed by atoms with van der Waals surface area (Å²) in [5.74, 6) is 0. The van der Waals surface area contributed by atoms with Crippen LogP contribution in [0, 0.1) is 6.92 Å². The number of sulfonamides is 1. The van der Waals surface area contributed by atoms with Gasteiger partial charge in [0.25, 0.3) is 0 Å². The monoisotopic (exact) mass is 324 g/mol. The molecule has 0 aromatic heterocycles. The van der Waals surface area contributed by atoms with Crippen LogP contribution in [-0.4, -0.2) is 8.42 Å². The third kappa shape index (κ3) is 3.75. The maximum absolute atomic E-state index is 11.5. The summed E-state index contributed by atoms with van der Waals surface area (Å²) in [5.41, 5.74) is 2.41. The molecule has 0 saturated heterocycles. The van der Waals surface area contributed by atoms with E-state index in [2.05, 4.69) is 5.32 Å². The van der Waals surface area contributed by atoms with Gasteiger partial charge in [0, 0.05) is 16.8 Å². The minimum Gasteiger partial charge on any atom is -0.378 e. The highest BCUT2D eigenvalue weighted by Crippen LogP contribution is 2.26. The molecular weight excluding hydrogens is 308 g/mol. The molecule has 0 heterocycles. The summed E-state index contributed by atoms with van der Waals surface area (Å²) in [5, 5.41) is 9.19. The molecule has 6 heteroatoms. The molecule has 2 aromatic carbocycles. The number of nitrogens with two attached hydrogens (primary N) is 1. The Balaban J connectivity index is 2.30. The van der Waals surface area contributed by atoms with E-state index < -0.39 is 10.0 Å². The van der Waals surface area contributed by atoms with E-state index in [9.17, 15) is 8.42 Å². The highest BCUT2D eigenvalue weighted by molar-refractivity contribution is 7.89. The number of benzene rings is 2. The van der Waals surface area contributed by atoms with E-state index in [0.29, 0.717) is 10.6 Å². The number of primary sulfonamides is 1. The van der Waals surface area contributed by atoms with E-state index >= 15 is 0 Å². The number of hydrogen-bond acceptors (Lipinski definition) is 3. The molecular formula is C15H17ClN2O2S. The van der Waals surface area contributed by atoms with Gasteiger partial charge in [0.05, 0.1) is 4.90 Å². The maximum atomic E-state index is 11.5. The van der Waals surface area contributed by atoms with Gasteiger partial charge in [-0.2, -0.15) is 0 Å². The summed E-state index contributed by atoms with van der Waals surface area (Å²) in [4.78, 5) is 0.135. The lowest BCUT2D eigenvalue weighted by molar-refractivity contribution is 0.597. The van der Waals surface area contributed by atoms with Gasteiger partial charge in [-0.15, -0.1) is 0 Å². The van der Waals surface area contributed by atoms with Crippen LogP contribution in [0.15, 0.2) is 47.4 Å². The number of nitrogens with one attached hydrogen (secondary N) is 1. The fourth-order valence-electron chi connectivity index (χ4n) is 2.15. The average molecular weight is 325 g/mol. The SMILES string of the molecule is Cc1c(NC(C)c2ccc(Cl)cc2)cccc1S(N)(=O)=O. The average Bonchev–Trinajstić information content (AvgIpc) is 2.40. The molecule has 21 heavy (non-hydrogen) atoms. The predicted octanol–water partition coefficient (Wildman–Crippen LogP) is 3.47. The van der Waals surface area contributed by atoms with Gasteiger partial charge in [0.15, 0.2) is 0 Å². The van der Waals surface area contributed by atoms with Crippen LogP contribution >= 0.6 is 11.6 Å². The Morgan fingerprint density at radius 2 is 1.76 bits per heavy atom. The summed E-state index contributed by atoms with van der Waals surface area (Å²) in [6.07, 6.45) is 0. The molecule has 0 spiro atoms. The van der Waals surface area contributed by atoms with Gasteiger partial charge in [-0.1, -0.05) is 29.8 Å². The van der Waals surface area contributed by atoms with Crippen molar-refractivity contribution in [3.8, 4) is 0 Å². The second-order valence-corrected chi connectivity index (χ2v) is 6.86. The van der Waals surface area contributed by atoms with Gasteiger partial charge >= 0.3 is 0 Å². The first-order valence-corrected chi connectivity index (χ1v) is 8.36. The van der Waals surface area contributed by atoms with Crippen molar-refractivity contribution >= 4 is 27.3 Å².